The zero-order valence-electron chi connectivity index (χ0n) is 43.9. The largest absolute Gasteiger partial charge is 0.456 e. The summed E-state index contributed by atoms with van der Waals surface area (Å²) >= 11 is 0. The van der Waals surface area contributed by atoms with Crippen LogP contribution in [0.1, 0.15) is 57.1 Å². The molecule has 0 atom stereocenters. The Morgan fingerprint density at radius 1 is 0.366 bits per heavy atom. The first-order chi connectivity index (χ1) is 39.5. The summed E-state index contributed by atoms with van der Waals surface area (Å²) in [5, 5.41) is 6.88. The normalized spacial score (nSPS) is 8.90. The molecule has 1 aromatic carbocycles. The van der Waals surface area contributed by atoms with E-state index in [0.717, 1.165) is 11.1 Å². The fourth-order valence-electron chi connectivity index (χ4n) is 4.42. The van der Waals surface area contributed by atoms with E-state index in [2.05, 4.69) is 35.4 Å². The lowest BCUT2D eigenvalue weighted by molar-refractivity contribution is -0.142. The van der Waals surface area contributed by atoms with Gasteiger partial charge in [0.1, 0.15) is 6.61 Å². The third kappa shape index (κ3) is 45.2. The Morgan fingerprint density at radius 3 is 0.841 bits per heavy atom. The number of rotatable bonds is 28. The van der Waals surface area contributed by atoms with E-state index in [9.17, 15) is 57.5 Å². The van der Waals surface area contributed by atoms with E-state index in [4.69, 9.17) is 58.4 Å². The summed E-state index contributed by atoms with van der Waals surface area (Å²) in [4.78, 5) is 143. The average molecular weight is 1140 g/mol. The minimum Gasteiger partial charge on any atom is -0.456 e. The van der Waals surface area contributed by atoms with Crippen LogP contribution in [0.4, 0.5) is 0 Å². The van der Waals surface area contributed by atoms with E-state index in [-0.39, 0.29) is 118 Å². The van der Waals surface area contributed by atoms with E-state index in [0.29, 0.717) is 13.1 Å². The molecule has 0 aliphatic rings. The molecule has 0 heterocycles. The Balaban J connectivity index is 0.00000404. The lowest BCUT2D eigenvalue weighted by Crippen LogP contribution is -2.11. The van der Waals surface area contributed by atoms with Gasteiger partial charge in [0.25, 0.3) is 0 Å². The van der Waals surface area contributed by atoms with Gasteiger partial charge in [-0.2, -0.15) is 0 Å². The van der Waals surface area contributed by atoms with Gasteiger partial charge in [0.05, 0.1) is 92.4 Å². The quantitative estimate of drug-likeness (QED) is 0.0129. The first-order valence-electron chi connectivity index (χ1n) is 23.7. The molecule has 1 rings (SSSR count). The number of carbonyl (C=O) groups is 12. The molecule has 0 aliphatic heterocycles. The number of hydrogen-bond donors (Lipinski definition) is 0. The maximum absolute atomic E-state index is 11.7. The van der Waals surface area contributed by atoms with E-state index >= 15 is 0 Å². The van der Waals surface area contributed by atoms with E-state index < -0.39 is 71.4 Å². The number of hydrogen-bond acceptors (Lipinski definition) is 26. The van der Waals surface area contributed by atoms with Crippen LogP contribution in [0.15, 0.2) is 34.5 Å². The highest BCUT2D eigenvalue weighted by Gasteiger charge is 2.08. The molecule has 0 N–H and O–H groups in total. The van der Waals surface area contributed by atoms with Crippen molar-refractivity contribution < 1.29 is 114 Å². The van der Waals surface area contributed by atoms with Gasteiger partial charge in [-0.05, 0) is 42.0 Å². The molecule has 30 nitrogen and oxygen atoms in total. The Bertz CT molecular complexity index is 2870. The van der Waals surface area contributed by atoms with E-state index in [1.54, 1.807) is 13.8 Å². The topological polar surface area (TPSA) is 413 Å². The predicted molar refractivity (Wildman–Crippen MR) is 270 cm³/mol. The number of ketones is 1. The van der Waals surface area contributed by atoms with Crippen LogP contribution in [0.25, 0.3) is 20.9 Å². The number of ether oxygens (including phenoxy) is 12. The van der Waals surface area contributed by atoms with Crippen molar-refractivity contribution in [3.8, 4) is 71.0 Å². The predicted octanol–water partition coefficient (Wildman–Crippen LogP) is 0.865. The molecule has 1 aromatic rings. The highest BCUT2D eigenvalue weighted by molar-refractivity contribution is 6.03. The number of esters is 11. The molecule has 0 aromatic heterocycles. The Hall–Kier alpha value is -11.0. The van der Waals surface area contributed by atoms with E-state index in [1.165, 1.54) is 0 Å². The van der Waals surface area contributed by atoms with Crippen molar-refractivity contribution in [2.45, 2.75) is 59.0 Å². The summed E-state index contributed by atoms with van der Waals surface area (Å²) in [7, 11) is 0. The molecule has 82 heavy (non-hydrogen) atoms. The molecular weight excluding hydrogens is 1090 g/mol. The number of carbonyl (C=O) groups excluding carboxylic acids is 12. The number of azide groups is 2. The highest BCUT2D eigenvalue weighted by Crippen LogP contribution is 2.08. The van der Waals surface area contributed by atoms with Crippen LogP contribution in [0.5, 0.6) is 0 Å². The zero-order valence-corrected chi connectivity index (χ0v) is 43.9. The van der Waals surface area contributed by atoms with Crippen LogP contribution in [-0.2, 0) is 127 Å². The molecule has 0 radical (unpaired) electrons. The van der Waals surface area contributed by atoms with Crippen molar-refractivity contribution in [1.29, 1.82) is 0 Å². The SMILES string of the molecule is CCOC(=O)C#CC(=O)COCCCOC(=O)C#CC(=O)OCCCOC(=O)C#CC(=O)OCCCOC(=O)C#CC(=O)OCCCOC(=O)C#CC(=O)OCCCOC(=O)C#CC(=O)OCC.[N-]=[N+]=NCc1cccc(CN=[N+]=[N-])c1. The van der Waals surface area contributed by atoms with Gasteiger partial charge in [-0.15, -0.1) is 0 Å². The molecule has 30 heteroatoms. The molecule has 0 aliphatic carbocycles. The van der Waals surface area contributed by atoms with E-state index in [1.807, 2.05) is 89.4 Å². The molecule has 432 valence electrons. The van der Waals surface area contributed by atoms with Crippen molar-refractivity contribution >= 4 is 71.4 Å². The Morgan fingerprint density at radius 2 is 0.598 bits per heavy atom. The summed E-state index contributed by atoms with van der Waals surface area (Å²) in [6.07, 6.45) is 0.305. The van der Waals surface area contributed by atoms with Gasteiger partial charge < -0.3 is 56.8 Å². The van der Waals surface area contributed by atoms with Gasteiger partial charge in [0.2, 0.25) is 5.78 Å². The molecule has 0 saturated heterocycles. The summed E-state index contributed by atoms with van der Waals surface area (Å²) in [5.74, 6) is 11.0. The van der Waals surface area contributed by atoms with Gasteiger partial charge in [0, 0.05) is 107 Å². The van der Waals surface area contributed by atoms with Crippen LogP contribution in [0.2, 0.25) is 0 Å². The van der Waals surface area contributed by atoms with Gasteiger partial charge in [-0.3, -0.25) is 4.79 Å². The zero-order chi connectivity index (χ0) is 60.9. The number of Topliss-reactive ketones (excluding diaryl/α,β-unsaturated/α-hetero) is 1. The Kier molecular flexibility index (Phi) is 41.9. The fraction of sp³-hybridized carbons (Fsp3) is 0.423. The molecular formula is C52H50N6O24. The maximum atomic E-state index is 11.7. The maximum Gasteiger partial charge on any atom is 0.384 e. The number of benzene rings is 1. The standard InChI is InChI=1S/C44H42O24.C8H8N6/c1-3-58-34(46)11-10-33(45)32-57-22-5-23-60-37(49)14-15-38(50)62-26-7-27-64-41(53)18-19-42(54)66-30-9-31-68-44(56)21-20-43(55)67-29-8-28-65-40(52)17-16-39(51)63-25-6-24-61-36(48)13-12-35(47)59-4-2;9-13-11-5-7-2-1-3-8(4-7)6-12-14-10/h3-9,22-32H2,1-2H3;1-4H,5-6H2. The molecule has 0 spiro atoms. The second-order valence-electron chi connectivity index (χ2n) is 14.0. The van der Waals surface area contributed by atoms with Gasteiger partial charge in [0.15, 0.2) is 0 Å². The van der Waals surface area contributed by atoms with Gasteiger partial charge in [-0.1, -0.05) is 34.5 Å². The van der Waals surface area contributed by atoms with Gasteiger partial charge >= 0.3 is 65.7 Å². The van der Waals surface area contributed by atoms with Gasteiger partial charge in [-0.25, -0.2) is 52.7 Å². The minimum atomic E-state index is -1.10. The third-order valence-electron chi connectivity index (χ3n) is 7.73. The lowest BCUT2D eigenvalue weighted by atomic mass is 10.1. The molecule has 0 saturated carbocycles. The second-order valence-corrected chi connectivity index (χ2v) is 14.0. The molecule has 0 bridgehead atoms. The van der Waals surface area contributed by atoms with Crippen molar-refractivity contribution in [2.75, 3.05) is 85.9 Å². The first kappa shape index (κ1) is 71.0. The van der Waals surface area contributed by atoms with Crippen molar-refractivity contribution in [2.24, 2.45) is 10.2 Å². The van der Waals surface area contributed by atoms with Crippen LogP contribution >= 0.6 is 0 Å². The summed E-state index contributed by atoms with van der Waals surface area (Å²) in [6, 6.07) is 7.40. The lowest BCUT2D eigenvalue weighted by Gasteiger charge is -2.02. The monoisotopic (exact) mass is 1140 g/mol. The Labute approximate surface area is 467 Å². The minimum absolute atomic E-state index is 0.0000520. The second kappa shape index (κ2) is 48.4. The summed E-state index contributed by atoms with van der Waals surface area (Å²) in [6.45, 7) is 1.57. The third-order valence-corrected chi connectivity index (χ3v) is 7.73. The summed E-state index contributed by atoms with van der Waals surface area (Å²) in [5.41, 5.74) is 18.1. The first-order valence-corrected chi connectivity index (χ1v) is 23.7. The van der Waals surface area contributed by atoms with Crippen LogP contribution in [0, 0.1) is 71.0 Å². The smallest absolute Gasteiger partial charge is 0.384 e. The van der Waals surface area contributed by atoms with Crippen LogP contribution in [0.3, 0.4) is 0 Å². The van der Waals surface area contributed by atoms with Crippen molar-refractivity contribution in [3.05, 3.63) is 56.3 Å². The van der Waals surface area contributed by atoms with Crippen molar-refractivity contribution in [1.82, 2.24) is 0 Å². The molecule has 0 fully saturated rings. The van der Waals surface area contributed by atoms with Crippen LogP contribution < -0.4 is 0 Å². The summed E-state index contributed by atoms with van der Waals surface area (Å²) < 4.78 is 56.8. The van der Waals surface area contributed by atoms with Crippen molar-refractivity contribution in [3.63, 3.8) is 0 Å². The highest BCUT2D eigenvalue weighted by atomic mass is 16.6. The fourth-order valence-corrected chi connectivity index (χ4v) is 4.42. The molecule has 0 unspecified atom stereocenters. The van der Waals surface area contributed by atoms with Crippen LogP contribution in [-0.4, -0.2) is 157 Å². The molecule has 0 amide bonds. The average Bonchev–Trinajstić information content (AvgIpc) is 3.46. The number of nitrogens with zero attached hydrogens (tertiary/aromatic N) is 6.